The maximum absolute atomic E-state index is 13.5. The van der Waals surface area contributed by atoms with Gasteiger partial charge in [-0.1, -0.05) is 23.2 Å². The van der Waals surface area contributed by atoms with Gasteiger partial charge in [-0.15, -0.1) is 11.3 Å². The Bertz CT molecular complexity index is 675. The average molecular weight is 347 g/mol. The molecule has 112 valence electrons. The molecule has 0 aliphatic rings. The van der Waals surface area contributed by atoms with Crippen LogP contribution in [0.5, 0.6) is 0 Å². The zero-order chi connectivity index (χ0) is 15.6. The van der Waals surface area contributed by atoms with E-state index in [1.54, 1.807) is 11.4 Å². The van der Waals surface area contributed by atoms with Gasteiger partial charge in [-0.2, -0.15) is 0 Å². The van der Waals surface area contributed by atoms with Gasteiger partial charge in [0.05, 0.1) is 10.6 Å². The first kappa shape index (κ1) is 16.2. The molecule has 2 aromatic rings. The molecule has 3 N–H and O–H groups in total. The minimum atomic E-state index is -0.503. The number of hydrogen-bond donors (Lipinski definition) is 2. The summed E-state index contributed by atoms with van der Waals surface area (Å²) >= 11 is 13.2. The highest BCUT2D eigenvalue weighted by molar-refractivity contribution is 7.10. The summed E-state index contributed by atoms with van der Waals surface area (Å²) in [7, 11) is 0. The van der Waals surface area contributed by atoms with Crippen molar-refractivity contribution >= 4 is 40.4 Å². The summed E-state index contributed by atoms with van der Waals surface area (Å²) in [6.07, 6.45) is 0. The van der Waals surface area contributed by atoms with Gasteiger partial charge < -0.3 is 11.1 Å². The van der Waals surface area contributed by atoms with Gasteiger partial charge in [0.1, 0.15) is 5.82 Å². The Balaban J connectivity index is 2.06. The molecule has 1 atom stereocenters. The molecule has 0 saturated carbocycles. The van der Waals surface area contributed by atoms with E-state index < -0.39 is 11.7 Å². The highest BCUT2D eigenvalue weighted by Crippen LogP contribution is 2.29. The van der Waals surface area contributed by atoms with Crippen LogP contribution in [0, 0.1) is 5.82 Å². The number of primary amides is 1. The van der Waals surface area contributed by atoms with Crippen molar-refractivity contribution in [3.8, 4) is 0 Å². The third-order valence-electron chi connectivity index (χ3n) is 3.03. The summed E-state index contributed by atoms with van der Waals surface area (Å²) < 4.78 is 13.5. The molecular formula is C14H13Cl2FN2OS. The van der Waals surface area contributed by atoms with Crippen LogP contribution >= 0.6 is 34.5 Å². The third-order valence-corrected chi connectivity index (χ3v) is 4.58. The monoisotopic (exact) mass is 346 g/mol. The smallest absolute Gasteiger partial charge is 0.249 e. The lowest BCUT2D eigenvalue weighted by molar-refractivity contribution is 0.100. The van der Waals surface area contributed by atoms with Gasteiger partial charge in [0.2, 0.25) is 5.91 Å². The van der Waals surface area contributed by atoms with Gasteiger partial charge in [0.15, 0.2) is 0 Å². The van der Waals surface area contributed by atoms with Gasteiger partial charge in [0, 0.05) is 27.9 Å². The summed E-state index contributed by atoms with van der Waals surface area (Å²) in [6, 6.07) is 4.29. The van der Waals surface area contributed by atoms with E-state index in [4.69, 9.17) is 28.9 Å². The average Bonchev–Trinajstić information content (AvgIpc) is 2.89. The van der Waals surface area contributed by atoms with Gasteiger partial charge in [0.25, 0.3) is 0 Å². The predicted octanol–water partition coefficient (Wildman–Crippen LogP) is 4.14. The van der Waals surface area contributed by atoms with Crippen molar-refractivity contribution in [1.82, 2.24) is 5.32 Å². The number of halogens is 3. The molecule has 1 unspecified atom stereocenters. The molecule has 0 bridgehead atoms. The van der Waals surface area contributed by atoms with Gasteiger partial charge in [-0.25, -0.2) is 4.39 Å². The molecule has 0 radical (unpaired) electrons. The second kappa shape index (κ2) is 6.75. The van der Waals surface area contributed by atoms with Crippen LogP contribution in [-0.4, -0.2) is 5.91 Å². The molecule has 0 aliphatic carbocycles. The van der Waals surface area contributed by atoms with E-state index in [1.807, 2.05) is 6.92 Å². The summed E-state index contributed by atoms with van der Waals surface area (Å²) in [5.41, 5.74) is 6.32. The van der Waals surface area contributed by atoms with Crippen molar-refractivity contribution in [3.05, 3.63) is 55.4 Å². The Morgan fingerprint density at radius 1 is 1.38 bits per heavy atom. The van der Waals surface area contributed by atoms with Crippen LogP contribution < -0.4 is 11.1 Å². The molecule has 3 nitrogen and oxygen atoms in total. The first-order valence-electron chi connectivity index (χ1n) is 6.13. The fourth-order valence-electron chi connectivity index (χ4n) is 1.84. The molecule has 1 aromatic heterocycles. The SMILES string of the molecule is CC(NCc1cc(C(N)=O)cs1)c1cc(F)c(Cl)cc1Cl. The van der Waals surface area contributed by atoms with E-state index in [2.05, 4.69) is 5.32 Å². The normalized spacial score (nSPS) is 12.4. The lowest BCUT2D eigenvalue weighted by Crippen LogP contribution is -2.18. The van der Waals surface area contributed by atoms with Crippen molar-refractivity contribution in [3.63, 3.8) is 0 Å². The lowest BCUT2D eigenvalue weighted by atomic mass is 10.1. The molecule has 1 aromatic carbocycles. The minimum absolute atomic E-state index is 0.000284. The first-order valence-corrected chi connectivity index (χ1v) is 7.77. The first-order chi connectivity index (χ1) is 9.88. The fraction of sp³-hybridized carbons (Fsp3) is 0.214. The van der Waals surface area contributed by atoms with Crippen LogP contribution in [0.3, 0.4) is 0 Å². The largest absolute Gasteiger partial charge is 0.366 e. The van der Waals surface area contributed by atoms with Crippen LogP contribution in [0.15, 0.2) is 23.6 Å². The van der Waals surface area contributed by atoms with Crippen molar-refractivity contribution in [2.24, 2.45) is 5.73 Å². The van der Waals surface area contributed by atoms with E-state index in [-0.39, 0.29) is 11.1 Å². The van der Waals surface area contributed by atoms with Gasteiger partial charge in [-0.05, 0) is 30.7 Å². The highest BCUT2D eigenvalue weighted by atomic mass is 35.5. The molecule has 2 rings (SSSR count). The number of benzene rings is 1. The topological polar surface area (TPSA) is 55.1 Å². The summed E-state index contributed by atoms with van der Waals surface area (Å²) in [5.74, 6) is -0.953. The minimum Gasteiger partial charge on any atom is -0.366 e. The highest BCUT2D eigenvalue weighted by Gasteiger charge is 2.14. The van der Waals surface area contributed by atoms with Crippen LogP contribution in [0.2, 0.25) is 10.0 Å². The standard InChI is InChI=1S/C14H13Cl2FN2OS/c1-7(10-3-13(17)12(16)4-11(10)15)19-5-9-2-8(6-21-9)14(18)20/h2-4,6-7,19H,5H2,1H3,(H2,18,20). The molecule has 0 saturated heterocycles. The number of nitrogens with one attached hydrogen (secondary N) is 1. The quantitative estimate of drug-likeness (QED) is 0.799. The Hall–Kier alpha value is -1.14. The molecular weight excluding hydrogens is 334 g/mol. The van der Waals surface area contributed by atoms with E-state index >= 15 is 0 Å². The van der Waals surface area contributed by atoms with E-state index in [9.17, 15) is 9.18 Å². The lowest BCUT2D eigenvalue weighted by Gasteiger charge is -2.15. The number of rotatable bonds is 5. The number of nitrogens with two attached hydrogens (primary N) is 1. The van der Waals surface area contributed by atoms with E-state index in [0.717, 1.165) is 4.88 Å². The molecule has 1 heterocycles. The predicted molar refractivity (Wildman–Crippen MR) is 84.5 cm³/mol. The van der Waals surface area contributed by atoms with Crippen molar-refractivity contribution < 1.29 is 9.18 Å². The Labute approximate surface area is 135 Å². The van der Waals surface area contributed by atoms with Crippen LogP contribution in [0.4, 0.5) is 4.39 Å². The molecule has 21 heavy (non-hydrogen) atoms. The number of thiophene rings is 1. The maximum atomic E-state index is 13.5. The molecule has 7 heteroatoms. The molecule has 0 fully saturated rings. The Morgan fingerprint density at radius 2 is 2.10 bits per heavy atom. The third kappa shape index (κ3) is 3.95. The summed E-state index contributed by atoms with van der Waals surface area (Å²) in [6.45, 7) is 2.40. The Kier molecular flexibility index (Phi) is 5.22. The maximum Gasteiger partial charge on any atom is 0.249 e. The number of carbonyl (C=O) groups excluding carboxylic acids is 1. The van der Waals surface area contributed by atoms with E-state index in [1.165, 1.54) is 23.5 Å². The zero-order valence-electron chi connectivity index (χ0n) is 11.1. The van der Waals surface area contributed by atoms with Gasteiger partial charge in [-0.3, -0.25) is 4.79 Å². The molecule has 1 amide bonds. The van der Waals surface area contributed by atoms with Crippen molar-refractivity contribution in [1.29, 1.82) is 0 Å². The van der Waals surface area contributed by atoms with Crippen LogP contribution in [0.25, 0.3) is 0 Å². The number of amides is 1. The van der Waals surface area contributed by atoms with Crippen molar-refractivity contribution in [2.45, 2.75) is 19.5 Å². The van der Waals surface area contributed by atoms with Crippen molar-refractivity contribution in [2.75, 3.05) is 0 Å². The fourth-order valence-corrected chi connectivity index (χ4v) is 3.21. The van der Waals surface area contributed by atoms with E-state index in [0.29, 0.717) is 22.7 Å². The second-order valence-corrected chi connectivity index (χ2v) is 6.37. The summed E-state index contributed by atoms with van der Waals surface area (Å²) in [4.78, 5) is 12.0. The zero-order valence-corrected chi connectivity index (χ0v) is 13.4. The molecule has 0 aliphatic heterocycles. The summed E-state index contributed by atoms with van der Waals surface area (Å²) in [5, 5.41) is 5.33. The van der Waals surface area contributed by atoms with Crippen LogP contribution in [0.1, 0.15) is 33.8 Å². The Morgan fingerprint density at radius 3 is 2.71 bits per heavy atom. The number of carbonyl (C=O) groups is 1. The van der Waals surface area contributed by atoms with Gasteiger partial charge >= 0.3 is 0 Å². The molecule has 0 spiro atoms. The van der Waals surface area contributed by atoms with Crippen LogP contribution in [-0.2, 0) is 6.54 Å². The second-order valence-electron chi connectivity index (χ2n) is 4.56. The number of hydrogen-bond acceptors (Lipinski definition) is 3.